The maximum absolute atomic E-state index is 12.1. The summed E-state index contributed by atoms with van der Waals surface area (Å²) in [7, 11) is -3.30. The van der Waals surface area contributed by atoms with E-state index in [-0.39, 0.29) is 22.2 Å². The number of fused-ring (bicyclic) bond motifs is 1. The summed E-state index contributed by atoms with van der Waals surface area (Å²) in [5, 5.41) is 1.18. The van der Waals surface area contributed by atoms with E-state index in [4.69, 9.17) is 16.3 Å². The first kappa shape index (κ1) is 17.4. The predicted molar refractivity (Wildman–Crippen MR) is 95.4 cm³/mol. The fourth-order valence-corrected chi connectivity index (χ4v) is 3.13. The van der Waals surface area contributed by atoms with E-state index >= 15 is 0 Å². The number of rotatable bonds is 4. The van der Waals surface area contributed by atoms with Crippen LogP contribution in [-0.2, 0) is 21.2 Å². The van der Waals surface area contributed by atoms with Crippen LogP contribution in [0.1, 0.15) is 15.9 Å². The van der Waals surface area contributed by atoms with Crippen LogP contribution in [-0.4, -0.2) is 25.6 Å². The number of para-hydroxylation sites is 1. The molecule has 5 nitrogen and oxygen atoms in total. The Morgan fingerprint density at radius 3 is 2.48 bits per heavy atom. The van der Waals surface area contributed by atoms with Crippen molar-refractivity contribution in [3.05, 3.63) is 70.9 Å². The third-order valence-corrected chi connectivity index (χ3v) is 5.08. The summed E-state index contributed by atoms with van der Waals surface area (Å²) < 4.78 is 28.1. The highest BCUT2D eigenvalue weighted by Gasteiger charge is 2.12. The van der Waals surface area contributed by atoms with E-state index in [2.05, 4.69) is 4.98 Å². The first-order valence-corrected chi connectivity index (χ1v) is 9.63. The molecule has 7 heteroatoms. The molecule has 0 aliphatic heterocycles. The lowest BCUT2D eigenvalue weighted by Gasteiger charge is -2.08. The van der Waals surface area contributed by atoms with Gasteiger partial charge in [-0.2, -0.15) is 0 Å². The van der Waals surface area contributed by atoms with E-state index in [1.807, 2.05) is 30.3 Å². The third-order valence-electron chi connectivity index (χ3n) is 3.63. The molecule has 3 aromatic rings. The standard InChI is InChI=1S/C18H14ClNO4S/c1-25(22,23)15-8-6-12(7-9-15)18(21)24-11-14-10-13-4-2-3-5-16(13)20-17(14)19/h2-10H,11H2,1H3. The van der Waals surface area contributed by atoms with Crippen molar-refractivity contribution in [3.63, 3.8) is 0 Å². The van der Waals surface area contributed by atoms with E-state index < -0.39 is 15.8 Å². The van der Waals surface area contributed by atoms with Crippen LogP contribution in [0.25, 0.3) is 10.9 Å². The number of nitrogens with zero attached hydrogens (tertiary/aromatic N) is 1. The van der Waals surface area contributed by atoms with Gasteiger partial charge in [-0.3, -0.25) is 0 Å². The van der Waals surface area contributed by atoms with Crippen molar-refractivity contribution >= 4 is 38.3 Å². The SMILES string of the molecule is CS(=O)(=O)c1ccc(C(=O)OCc2cc3ccccc3nc2Cl)cc1. The van der Waals surface area contributed by atoms with Gasteiger partial charge in [-0.15, -0.1) is 0 Å². The number of pyridine rings is 1. The van der Waals surface area contributed by atoms with Crippen molar-refractivity contribution in [2.75, 3.05) is 6.26 Å². The normalized spacial score (nSPS) is 11.4. The zero-order valence-electron chi connectivity index (χ0n) is 13.3. The number of aromatic nitrogens is 1. The first-order valence-electron chi connectivity index (χ1n) is 7.36. The Morgan fingerprint density at radius 1 is 1.12 bits per heavy atom. The Kier molecular flexibility index (Phi) is 4.74. The minimum absolute atomic E-state index is 0.0245. The van der Waals surface area contributed by atoms with Crippen LogP contribution in [0, 0.1) is 0 Å². The number of carbonyl (C=O) groups is 1. The van der Waals surface area contributed by atoms with Crippen LogP contribution in [0.5, 0.6) is 0 Å². The van der Waals surface area contributed by atoms with Gasteiger partial charge in [0.15, 0.2) is 9.84 Å². The zero-order chi connectivity index (χ0) is 18.0. The van der Waals surface area contributed by atoms with Crippen molar-refractivity contribution in [2.24, 2.45) is 0 Å². The molecule has 1 heterocycles. The molecular weight excluding hydrogens is 362 g/mol. The highest BCUT2D eigenvalue weighted by Crippen LogP contribution is 2.21. The van der Waals surface area contributed by atoms with Crippen LogP contribution in [0.3, 0.4) is 0 Å². The molecule has 0 aliphatic carbocycles. The van der Waals surface area contributed by atoms with Gasteiger partial charge in [0.05, 0.1) is 16.0 Å². The Balaban J connectivity index is 1.75. The summed E-state index contributed by atoms with van der Waals surface area (Å²) in [6.45, 7) is -0.0245. The summed E-state index contributed by atoms with van der Waals surface area (Å²) in [6.07, 6.45) is 1.11. The minimum atomic E-state index is -3.30. The molecule has 0 radical (unpaired) electrons. The van der Waals surface area contributed by atoms with Crippen molar-refractivity contribution in [3.8, 4) is 0 Å². The lowest BCUT2D eigenvalue weighted by Crippen LogP contribution is -2.06. The minimum Gasteiger partial charge on any atom is -0.457 e. The molecular formula is C18H14ClNO4S. The summed E-state index contributed by atoms with van der Waals surface area (Å²) in [4.78, 5) is 16.5. The van der Waals surface area contributed by atoms with Crippen LogP contribution in [0.15, 0.2) is 59.5 Å². The van der Waals surface area contributed by atoms with Gasteiger partial charge in [-0.25, -0.2) is 18.2 Å². The van der Waals surface area contributed by atoms with Gasteiger partial charge in [0.2, 0.25) is 0 Å². The highest BCUT2D eigenvalue weighted by atomic mass is 35.5. The second-order valence-corrected chi connectivity index (χ2v) is 7.88. The number of esters is 1. The Hall–Kier alpha value is -2.44. The summed E-state index contributed by atoms with van der Waals surface area (Å²) >= 11 is 6.13. The summed E-state index contributed by atoms with van der Waals surface area (Å²) in [5.41, 5.74) is 1.62. The first-order chi connectivity index (χ1) is 11.8. The molecule has 0 N–H and O–H groups in total. The fourth-order valence-electron chi connectivity index (χ4n) is 2.30. The van der Waals surface area contributed by atoms with E-state index in [1.165, 1.54) is 24.3 Å². The number of hydrogen-bond acceptors (Lipinski definition) is 5. The van der Waals surface area contributed by atoms with Crippen LogP contribution < -0.4 is 0 Å². The van der Waals surface area contributed by atoms with Crippen LogP contribution in [0.4, 0.5) is 0 Å². The van der Waals surface area contributed by atoms with E-state index in [0.29, 0.717) is 5.56 Å². The number of benzene rings is 2. The smallest absolute Gasteiger partial charge is 0.338 e. The number of halogens is 1. The summed E-state index contributed by atoms with van der Waals surface area (Å²) in [5.74, 6) is -0.565. The average molecular weight is 376 g/mol. The Morgan fingerprint density at radius 2 is 1.80 bits per heavy atom. The lowest BCUT2D eigenvalue weighted by atomic mass is 10.1. The van der Waals surface area contributed by atoms with Gasteiger partial charge < -0.3 is 4.74 Å². The van der Waals surface area contributed by atoms with Crippen LogP contribution in [0.2, 0.25) is 5.15 Å². The number of sulfone groups is 1. The number of ether oxygens (including phenoxy) is 1. The molecule has 0 saturated carbocycles. The third kappa shape index (κ3) is 3.97. The molecule has 0 amide bonds. The van der Waals surface area contributed by atoms with Gasteiger partial charge in [0, 0.05) is 17.2 Å². The monoisotopic (exact) mass is 375 g/mol. The molecule has 128 valence electrons. The van der Waals surface area contributed by atoms with E-state index in [0.717, 1.165) is 17.2 Å². The van der Waals surface area contributed by atoms with Gasteiger partial charge >= 0.3 is 5.97 Å². The molecule has 0 saturated heterocycles. The second-order valence-electron chi connectivity index (χ2n) is 5.50. The molecule has 0 spiro atoms. The van der Waals surface area contributed by atoms with Crippen LogP contribution >= 0.6 is 11.6 Å². The molecule has 0 aliphatic rings. The molecule has 0 bridgehead atoms. The van der Waals surface area contributed by atoms with Crippen molar-refractivity contribution in [1.29, 1.82) is 0 Å². The summed E-state index contributed by atoms with van der Waals surface area (Å²) in [6, 6.07) is 14.9. The molecule has 2 aromatic carbocycles. The predicted octanol–water partition coefficient (Wildman–Crippen LogP) is 3.65. The molecule has 1 aromatic heterocycles. The maximum Gasteiger partial charge on any atom is 0.338 e. The van der Waals surface area contributed by atoms with Crippen molar-refractivity contribution < 1.29 is 17.9 Å². The largest absolute Gasteiger partial charge is 0.457 e. The highest BCUT2D eigenvalue weighted by molar-refractivity contribution is 7.90. The lowest BCUT2D eigenvalue weighted by molar-refractivity contribution is 0.0472. The molecule has 25 heavy (non-hydrogen) atoms. The van der Waals surface area contributed by atoms with Gasteiger partial charge in [-0.1, -0.05) is 29.8 Å². The molecule has 0 fully saturated rings. The number of hydrogen-bond donors (Lipinski definition) is 0. The van der Waals surface area contributed by atoms with Gasteiger partial charge in [-0.05, 0) is 36.4 Å². The molecule has 3 rings (SSSR count). The van der Waals surface area contributed by atoms with Gasteiger partial charge in [0.25, 0.3) is 0 Å². The zero-order valence-corrected chi connectivity index (χ0v) is 14.8. The van der Waals surface area contributed by atoms with E-state index in [1.54, 1.807) is 0 Å². The fraction of sp³-hybridized carbons (Fsp3) is 0.111. The second kappa shape index (κ2) is 6.82. The van der Waals surface area contributed by atoms with Gasteiger partial charge in [0.1, 0.15) is 11.8 Å². The Labute approximate surface area is 150 Å². The Bertz CT molecular complexity index is 1050. The van der Waals surface area contributed by atoms with Crippen molar-refractivity contribution in [2.45, 2.75) is 11.5 Å². The van der Waals surface area contributed by atoms with Crippen molar-refractivity contribution in [1.82, 2.24) is 4.98 Å². The topological polar surface area (TPSA) is 73.3 Å². The molecule has 0 unspecified atom stereocenters. The van der Waals surface area contributed by atoms with E-state index in [9.17, 15) is 13.2 Å². The average Bonchev–Trinajstić information content (AvgIpc) is 2.59. The maximum atomic E-state index is 12.1. The molecule has 0 atom stereocenters. The quantitative estimate of drug-likeness (QED) is 0.514. The number of carbonyl (C=O) groups excluding carboxylic acids is 1.